The van der Waals surface area contributed by atoms with Crippen LogP contribution in [0.5, 0.6) is 0 Å². The fraction of sp³-hybridized carbons (Fsp3) is 0.667. The van der Waals surface area contributed by atoms with Crippen LogP contribution in [0.2, 0.25) is 0 Å². The van der Waals surface area contributed by atoms with Crippen molar-refractivity contribution in [2.24, 2.45) is 0 Å². The predicted octanol–water partition coefficient (Wildman–Crippen LogP) is 1.74. The summed E-state index contributed by atoms with van der Waals surface area (Å²) >= 11 is 3.46. The van der Waals surface area contributed by atoms with Gasteiger partial charge in [0.15, 0.2) is 4.73 Å². The third-order valence-corrected chi connectivity index (χ3v) is 3.27. The van der Waals surface area contributed by atoms with Crippen LogP contribution in [-0.4, -0.2) is 22.6 Å². The fourth-order valence-electron chi connectivity index (χ4n) is 1.91. The van der Waals surface area contributed by atoms with E-state index in [9.17, 15) is 0 Å². The smallest absolute Gasteiger partial charge is 0.177 e. The topological polar surface area (TPSA) is 29.9 Å². The molecule has 4 heteroatoms. The summed E-state index contributed by atoms with van der Waals surface area (Å²) in [5, 5.41) is 3.37. The summed E-state index contributed by atoms with van der Waals surface area (Å²) in [6.45, 7) is 5.38. The first-order valence-electron chi connectivity index (χ1n) is 4.74. The Kier molecular flexibility index (Phi) is 2.69. The Labute approximate surface area is 86.7 Å². The number of nitrogens with one attached hydrogen (secondary N) is 1. The van der Waals surface area contributed by atoms with E-state index >= 15 is 0 Å². The van der Waals surface area contributed by atoms with E-state index in [-0.39, 0.29) is 0 Å². The third kappa shape index (κ3) is 1.65. The molecule has 1 atom stereocenters. The summed E-state index contributed by atoms with van der Waals surface area (Å²) in [4.78, 5) is 4.28. The molecule has 1 aromatic heterocycles. The molecule has 2 heterocycles. The standard InChI is InChI=1S/C9H14BrN3/c1-2-13-8(6-12-9(13)10)7-3-4-11-5-7/h6-7,11H,2-5H2,1H3. The summed E-state index contributed by atoms with van der Waals surface area (Å²) in [5.41, 5.74) is 1.36. The van der Waals surface area contributed by atoms with Crippen molar-refractivity contribution in [3.05, 3.63) is 16.6 Å². The van der Waals surface area contributed by atoms with Crippen LogP contribution in [0, 0.1) is 0 Å². The van der Waals surface area contributed by atoms with Gasteiger partial charge in [0.25, 0.3) is 0 Å². The Balaban J connectivity index is 2.27. The van der Waals surface area contributed by atoms with Gasteiger partial charge in [0.1, 0.15) is 0 Å². The van der Waals surface area contributed by atoms with E-state index in [1.807, 2.05) is 6.20 Å². The van der Waals surface area contributed by atoms with Crippen LogP contribution in [0.3, 0.4) is 0 Å². The van der Waals surface area contributed by atoms with Gasteiger partial charge < -0.3 is 9.88 Å². The quantitative estimate of drug-likeness (QED) is 0.858. The zero-order valence-electron chi connectivity index (χ0n) is 7.76. The highest BCUT2D eigenvalue weighted by atomic mass is 79.9. The molecule has 1 N–H and O–H groups in total. The third-order valence-electron chi connectivity index (χ3n) is 2.63. The molecule has 1 fully saturated rings. The zero-order chi connectivity index (χ0) is 9.26. The van der Waals surface area contributed by atoms with Gasteiger partial charge in [-0.3, -0.25) is 0 Å². The van der Waals surface area contributed by atoms with Crippen molar-refractivity contribution < 1.29 is 0 Å². The first-order valence-corrected chi connectivity index (χ1v) is 5.54. The maximum absolute atomic E-state index is 4.28. The number of hydrogen-bond donors (Lipinski definition) is 1. The Morgan fingerprint density at radius 2 is 2.62 bits per heavy atom. The van der Waals surface area contributed by atoms with E-state index in [2.05, 4.69) is 37.7 Å². The summed E-state index contributed by atoms with van der Waals surface area (Å²) in [6.07, 6.45) is 3.23. The molecule has 2 rings (SSSR count). The molecule has 72 valence electrons. The minimum Gasteiger partial charge on any atom is -0.323 e. The van der Waals surface area contributed by atoms with Crippen molar-refractivity contribution in [2.45, 2.75) is 25.8 Å². The van der Waals surface area contributed by atoms with E-state index in [1.165, 1.54) is 12.1 Å². The number of nitrogens with zero attached hydrogens (tertiary/aromatic N) is 2. The Hall–Kier alpha value is -0.350. The minimum absolute atomic E-state index is 0.652. The molecular formula is C9H14BrN3. The summed E-state index contributed by atoms with van der Waals surface area (Å²) in [7, 11) is 0. The first kappa shape index (κ1) is 9.21. The molecule has 0 aromatic carbocycles. The second-order valence-corrected chi connectivity index (χ2v) is 4.10. The Morgan fingerprint density at radius 1 is 1.77 bits per heavy atom. The molecule has 13 heavy (non-hydrogen) atoms. The molecule has 0 bridgehead atoms. The van der Waals surface area contributed by atoms with Crippen LogP contribution in [-0.2, 0) is 6.54 Å². The van der Waals surface area contributed by atoms with Gasteiger partial charge in [0.2, 0.25) is 0 Å². The van der Waals surface area contributed by atoms with Crippen molar-refractivity contribution in [3.63, 3.8) is 0 Å². The van der Waals surface area contributed by atoms with Crippen molar-refractivity contribution in [1.29, 1.82) is 0 Å². The van der Waals surface area contributed by atoms with E-state index in [0.717, 1.165) is 24.4 Å². The number of halogens is 1. The van der Waals surface area contributed by atoms with E-state index in [1.54, 1.807) is 0 Å². The average Bonchev–Trinajstić information content (AvgIpc) is 2.71. The van der Waals surface area contributed by atoms with Crippen molar-refractivity contribution in [3.8, 4) is 0 Å². The number of rotatable bonds is 2. The van der Waals surface area contributed by atoms with Crippen LogP contribution >= 0.6 is 15.9 Å². The average molecular weight is 244 g/mol. The van der Waals surface area contributed by atoms with Gasteiger partial charge in [-0.1, -0.05) is 0 Å². The van der Waals surface area contributed by atoms with E-state index in [0.29, 0.717) is 5.92 Å². The lowest BCUT2D eigenvalue weighted by atomic mass is 10.1. The Bertz CT molecular complexity index is 289. The zero-order valence-corrected chi connectivity index (χ0v) is 9.34. The second kappa shape index (κ2) is 3.80. The van der Waals surface area contributed by atoms with Gasteiger partial charge in [-0.05, 0) is 35.8 Å². The maximum Gasteiger partial charge on any atom is 0.177 e. The minimum atomic E-state index is 0.652. The van der Waals surface area contributed by atoms with Gasteiger partial charge in [0.05, 0.1) is 0 Å². The van der Waals surface area contributed by atoms with Gasteiger partial charge >= 0.3 is 0 Å². The maximum atomic E-state index is 4.28. The Morgan fingerprint density at radius 3 is 3.23 bits per heavy atom. The lowest BCUT2D eigenvalue weighted by molar-refractivity contribution is 0.631. The molecule has 0 saturated carbocycles. The van der Waals surface area contributed by atoms with Crippen molar-refractivity contribution >= 4 is 15.9 Å². The molecule has 1 aliphatic rings. The molecule has 1 aromatic rings. The summed E-state index contributed by atoms with van der Waals surface area (Å²) in [6, 6.07) is 0. The van der Waals surface area contributed by atoms with Crippen LogP contribution in [0.4, 0.5) is 0 Å². The SMILES string of the molecule is CCn1c(C2CCNC2)cnc1Br. The molecule has 1 unspecified atom stereocenters. The van der Waals surface area contributed by atoms with Gasteiger partial charge in [-0.2, -0.15) is 0 Å². The first-order chi connectivity index (χ1) is 6.33. The number of imidazole rings is 1. The molecule has 0 amide bonds. The molecule has 0 spiro atoms. The normalized spacial score (nSPS) is 22.5. The van der Waals surface area contributed by atoms with Crippen molar-refractivity contribution in [1.82, 2.24) is 14.9 Å². The van der Waals surface area contributed by atoms with Crippen LogP contribution in [0.1, 0.15) is 25.0 Å². The molecule has 0 radical (unpaired) electrons. The lowest BCUT2D eigenvalue weighted by Crippen LogP contribution is -2.11. The number of aromatic nitrogens is 2. The van der Waals surface area contributed by atoms with E-state index < -0.39 is 0 Å². The van der Waals surface area contributed by atoms with Crippen LogP contribution in [0.15, 0.2) is 10.9 Å². The highest BCUT2D eigenvalue weighted by Crippen LogP contribution is 2.24. The largest absolute Gasteiger partial charge is 0.323 e. The highest BCUT2D eigenvalue weighted by Gasteiger charge is 2.20. The fourth-order valence-corrected chi connectivity index (χ4v) is 2.47. The molecule has 1 aliphatic heterocycles. The molecule has 0 aliphatic carbocycles. The molecule has 3 nitrogen and oxygen atoms in total. The molecule has 1 saturated heterocycles. The van der Waals surface area contributed by atoms with Gasteiger partial charge in [-0.15, -0.1) is 0 Å². The highest BCUT2D eigenvalue weighted by molar-refractivity contribution is 9.10. The molecular weight excluding hydrogens is 230 g/mol. The van der Waals surface area contributed by atoms with Crippen LogP contribution < -0.4 is 5.32 Å². The second-order valence-electron chi connectivity index (χ2n) is 3.39. The van der Waals surface area contributed by atoms with Crippen molar-refractivity contribution in [2.75, 3.05) is 13.1 Å². The van der Waals surface area contributed by atoms with E-state index in [4.69, 9.17) is 0 Å². The lowest BCUT2D eigenvalue weighted by Gasteiger charge is -2.11. The summed E-state index contributed by atoms with van der Waals surface area (Å²) < 4.78 is 3.19. The van der Waals surface area contributed by atoms with Crippen LogP contribution in [0.25, 0.3) is 0 Å². The van der Waals surface area contributed by atoms with Gasteiger partial charge in [0, 0.05) is 30.9 Å². The predicted molar refractivity (Wildman–Crippen MR) is 55.8 cm³/mol. The summed E-state index contributed by atoms with van der Waals surface area (Å²) in [5.74, 6) is 0.652. The van der Waals surface area contributed by atoms with Gasteiger partial charge in [-0.25, -0.2) is 4.98 Å². The number of hydrogen-bond acceptors (Lipinski definition) is 2. The monoisotopic (exact) mass is 243 g/mol.